The van der Waals surface area contributed by atoms with Crippen LogP contribution < -0.4 is 10.6 Å². The Kier molecular flexibility index (Phi) is 2.90. The molecule has 11 heavy (non-hydrogen) atoms. The molecule has 1 saturated heterocycles. The zero-order valence-electron chi connectivity index (χ0n) is 7.91. The van der Waals surface area contributed by atoms with Gasteiger partial charge < -0.3 is 10.6 Å². The van der Waals surface area contributed by atoms with Crippen LogP contribution in [0.2, 0.25) is 0 Å². The quantitative estimate of drug-likeness (QED) is 0.640. The molecule has 0 aromatic rings. The molecule has 1 aliphatic rings. The van der Waals surface area contributed by atoms with Gasteiger partial charge in [-0.1, -0.05) is 6.92 Å². The molecule has 1 rings (SSSR count). The van der Waals surface area contributed by atoms with Gasteiger partial charge in [-0.25, -0.2) is 0 Å². The fourth-order valence-corrected chi connectivity index (χ4v) is 1.65. The Morgan fingerprint density at radius 1 is 1.55 bits per heavy atom. The second kappa shape index (κ2) is 3.55. The van der Waals surface area contributed by atoms with Gasteiger partial charge in [-0.05, 0) is 33.2 Å². The van der Waals surface area contributed by atoms with Crippen LogP contribution in [0.4, 0.5) is 0 Å². The number of hydrogen-bond acceptors (Lipinski definition) is 2. The molecule has 1 aliphatic heterocycles. The van der Waals surface area contributed by atoms with Crippen LogP contribution in [0.3, 0.4) is 0 Å². The summed E-state index contributed by atoms with van der Waals surface area (Å²) in [4.78, 5) is 0. The summed E-state index contributed by atoms with van der Waals surface area (Å²) >= 11 is 0. The molecule has 66 valence electrons. The molecule has 0 bridgehead atoms. The number of nitrogens with one attached hydrogen (secondary N) is 2. The minimum Gasteiger partial charge on any atom is -0.313 e. The molecule has 0 aromatic carbocycles. The first-order valence-corrected chi connectivity index (χ1v) is 4.62. The lowest BCUT2D eigenvalue weighted by atomic mass is 10.0. The SMILES string of the molecule is CCCNC1CNC(C)(C)C1. The van der Waals surface area contributed by atoms with Crippen molar-refractivity contribution in [3.05, 3.63) is 0 Å². The second-order valence-corrected chi connectivity index (χ2v) is 4.12. The fourth-order valence-electron chi connectivity index (χ4n) is 1.65. The lowest BCUT2D eigenvalue weighted by Gasteiger charge is -2.17. The van der Waals surface area contributed by atoms with E-state index in [0.717, 1.165) is 13.1 Å². The van der Waals surface area contributed by atoms with E-state index in [-0.39, 0.29) is 0 Å². The smallest absolute Gasteiger partial charge is 0.0209 e. The van der Waals surface area contributed by atoms with Crippen molar-refractivity contribution in [3.63, 3.8) is 0 Å². The van der Waals surface area contributed by atoms with Gasteiger partial charge in [-0.3, -0.25) is 0 Å². The average molecular weight is 156 g/mol. The summed E-state index contributed by atoms with van der Waals surface area (Å²) in [5, 5.41) is 7.02. The Morgan fingerprint density at radius 3 is 2.73 bits per heavy atom. The van der Waals surface area contributed by atoms with Crippen LogP contribution >= 0.6 is 0 Å². The van der Waals surface area contributed by atoms with E-state index in [2.05, 4.69) is 31.4 Å². The highest BCUT2D eigenvalue weighted by Crippen LogP contribution is 2.17. The van der Waals surface area contributed by atoms with E-state index in [1.807, 2.05) is 0 Å². The van der Waals surface area contributed by atoms with E-state index in [1.165, 1.54) is 12.8 Å². The molecular weight excluding hydrogens is 136 g/mol. The monoisotopic (exact) mass is 156 g/mol. The normalized spacial score (nSPS) is 29.2. The van der Waals surface area contributed by atoms with Gasteiger partial charge in [-0.2, -0.15) is 0 Å². The Bertz CT molecular complexity index is 121. The Morgan fingerprint density at radius 2 is 2.27 bits per heavy atom. The summed E-state index contributed by atoms with van der Waals surface area (Å²) in [6, 6.07) is 0.699. The highest BCUT2D eigenvalue weighted by atomic mass is 15.1. The predicted octanol–water partition coefficient (Wildman–Crippen LogP) is 1.13. The summed E-state index contributed by atoms with van der Waals surface area (Å²) in [5.74, 6) is 0. The van der Waals surface area contributed by atoms with Crippen molar-refractivity contribution in [1.29, 1.82) is 0 Å². The molecule has 2 N–H and O–H groups in total. The van der Waals surface area contributed by atoms with Gasteiger partial charge in [0, 0.05) is 18.1 Å². The van der Waals surface area contributed by atoms with E-state index in [9.17, 15) is 0 Å². The molecule has 0 amide bonds. The van der Waals surface area contributed by atoms with Crippen LogP contribution in [0.1, 0.15) is 33.6 Å². The third kappa shape index (κ3) is 2.80. The molecule has 2 nitrogen and oxygen atoms in total. The molecule has 2 heteroatoms. The molecule has 1 heterocycles. The fraction of sp³-hybridized carbons (Fsp3) is 1.00. The van der Waals surface area contributed by atoms with Crippen LogP contribution in [0, 0.1) is 0 Å². The average Bonchev–Trinajstić information content (AvgIpc) is 2.26. The largest absolute Gasteiger partial charge is 0.313 e. The maximum atomic E-state index is 3.52. The summed E-state index contributed by atoms with van der Waals surface area (Å²) in [5.41, 5.74) is 0.353. The Balaban J connectivity index is 2.20. The van der Waals surface area contributed by atoms with E-state index in [0.29, 0.717) is 11.6 Å². The van der Waals surface area contributed by atoms with Crippen LogP contribution in [0.5, 0.6) is 0 Å². The minimum atomic E-state index is 0.353. The number of hydrogen-bond donors (Lipinski definition) is 2. The van der Waals surface area contributed by atoms with Crippen LogP contribution in [0.25, 0.3) is 0 Å². The van der Waals surface area contributed by atoms with Crippen LogP contribution in [-0.2, 0) is 0 Å². The third-order valence-electron chi connectivity index (χ3n) is 2.27. The summed E-state index contributed by atoms with van der Waals surface area (Å²) in [7, 11) is 0. The first-order valence-electron chi connectivity index (χ1n) is 4.62. The van der Waals surface area contributed by atoms with Gasteiger partial charge in [0.05, 0.1) is 0 Å². The van der Waals surface area contributed by atoms with Crippen LogP contribution in [-0.4, -0.2) is 24.7 Å². The summed E-state index contributed by atoms with van der Waals surface area (Å²) in [6.07, 6.45) is 2.49. The van der Waals surface area contributed by atoms with Crippen LogP contribution in [0.15, 0.2) is 0 Å². The molecule has 0 saturated carbocycles. The van der Waals surface area contributed by atoms with Crippen molar-refractivity contribution < 1.29 is 0 Å². The van der Waals surface area contributed by atoms with Gasteiger partial charge in [0.2, 0.25) is 0 Å². The molecule has 0 radical (unpaired) electrons. The van der Waals surface area contributed by atoms with Gasteiger partial charge in [-0.15, -0.1) is 0 Å². The van der Waals surface area contributed by atoms with Gasteiger partial charge >= 0.3 is 0 Å². The van der Waals surface area contributed by atoms with Crippen molar-refractivity contribution in [3.8, 4) is 0 Å². The van der Waals surface area contributed by atoms with E-state index in [4.69, 9.17) is 0 Å². The predicted molar refractivity (Wildman–Crippen MR) is 48.8 cm³/mol. The van der Waals surface area contributed by atoms with Crippen molar-refractivity contribution in [2.75, 3.05) is 13.1 Å². The molecule has 0 aromatic heterocycles. The Hall–Kier alpha value is -0.0800. The van der Waals surface area contributed by atoms with Crippen molar-refractivity contribution in [1.82, 2.24) is 10.6 Å². The summed E-state index contributed by atoms with van der Waals surface area (Å²) in [6.45, 7) is 9.03. The van der Waals surface area contributed by atoms with Crippen molar-refractivity contribution >= 4 is 0 Å². The molecule has 0 aliphatic carbocycles. The van der Waals surface area contributed by atoms with Gasteiger partial charge in [0.25, 0.3) is 0 Å². The highest BCUT2D eigenvalue weighted by molar-refractivity contribution is 4.92. The topological polar surface area (TPSA) is 24.1 Å². The van der Waals surface area contributed by atoms with Gasteiger partial charge in [0.15, 0.2) is 0 Å². The zero-order valence-corrected chi connectivity index (χ0v) is 7.91. The molecule has 0 spiro atoms. The first-order chi connectivity index (χ1) is 5.14. The Labute approximate surface area is 69.8 Å². The maximum absolute atomic E-state index is 3.52. The first kappa shape index (κ1) is 9.01. The minimum absolute atomic E-state index is 0.353. The molecule has 1 fully saturated rings. The standard InChI is InChI=1S/C9H20N2/c1-4-5-10-8-6-9(2,3)11-7-8/h8,10-11H,4-7H2,1-3H3. The molecule has 1 atom stereocenters. The molecule has 1 unspecified atom stereocenters. The lowest BCUT2D eigenvalue weighted by Crippen LogP contribution is -2.31. The zero-order chi connectivity index (χ0) is 8.32. The second-order valence-electron chi connectivity index (χ2n) is 4.12. The highest BCUT2D eigenvalue weighted by Gasteiger charge is 2.29. The van der Waals surface area contributed by atoms with E-state index in [1.54, 1.807) is 0 Å². The van der Waals surface area contributed by atoms with Crippen molar-refractivity contribution in [2.24, 2.45) is 0 Å². The summed E-state index contributed by atoms with van der Waals surface area (Å²) < 4.78 is 0. The van der Waals surface area contributed by atoms with Crippen molar-refractivity contribution in [2.45, 2.75) is 45.2 Å². The van der Waals surface area contributed by atoms with Gasteiger partial charge in [0.1, 0.15) is 0 Å². The van der Waals surface area contributed by atoms with E-state index < -0.39 is 0 Å². The maximum Gasteiger partial charge on any atom is 0.0209 e. The lowest BCUT2D eigenvalue weighted by molar-refractivity contribution is 0.442. The van der Waals surface area contributed by atoms with E-state index >= 15 is 0 Å². The molecular formula is C9H20N2. The number of rotatable bonds is 3. The third-order valence-corrected chi connectivity index (χ3v) is 2.27.